The van der Waals surface area contributed by atoms with Crippen molar-refractivity contribution in [1.82, 2.24) is 4.31 Å². The summed E-state index contributed by atoms with van der Waals surface area (Å²) in [5, 5.41) is 0. The van der Waals surface area contributed by atoms with Crippen LogP contribution in [0.3, 0.4) is 0 Å². The van der Waals surface area contributed by atoms with Crippen LogP contribution in [0, 0.1) is 5.92 Å². The van der Waals surface area contributed by atoms with Crippen LogP contribution in [0.4, 0.5) is 0 Å². The van der Waals surface area contributed by atoms with Crippen LogP contribution in [0.5, 0.6) is 0 Å². The van der Waals surface area contributed by atoms with E-state index < -0.39 is 15.6 Å². The smallest absolute Gasteiger partial charge is 0.306 e. The van der Waals surface area contributed by atoms with Crippen molar-refractivity contribution in [2.75, 3.05) is 13.1 Å². The Balaban J connectivity index is 2.08. The fourth-order valence-electron chi connectivity index (χ4n) is 2.82. The summed E-state index contributed by atoms with van der Waals surface area (Å²) in [5.74, 6) is -0.279. The summed E-state index contributed by atoms with van der Waals surface area (Å²) >= 11 is 3.31. The molecule has 0 aliphatic carbocycles. The minimum Gasteiger partial charge on any atom is -0.460 e. The highest BCUT2D eigenvalue weighted by molar-refractivity contribution is 9.10. The van der Waals surface area contributed by atoms with Gasteiger partial charge in [0.2, 0.25) is 10.0 Å². The molecule has 0 bridgehead atoms. The number of esters is 1. The number of piperidine rings is 1. The highest BCUT2D eigenvalue weighted by Crippen LogP contribution is 2.29. The summed E-state index contributed by atoms with van der Waals surface area (Å²) < 4.78 is 33.1. The second-order valence-corrected chi connectivity index (χ2v) is 9.85. The largest absolute Gasteiger partial charge is 0.460 e. The van der Waals surface area contributed by atoms with E-state index in [2.05, 4.69) is 15.9 Å². The molecule has 1 aliphatic rings. The molecule has 0 saturated carbocycles. The molecule has 2 rings (SSSR count). The quantitative estimate of drug-likeness (QED) is 0.702. The van der Waals surface area contributed by atoms with Gasteiger partial charge in [-0.15, -0.1) is 0 Å². The monoisotopic (exact) mass is 417 g/mol. The van der Waals surface area contributed by atoms with Crippen LogP contribution in [0.15, 0.2) is 33.6 Å². The highest BCUT2D eigenvalue weighted by Gasteiger charge is 2.32. The molecular weight excluding hydrogens is 394 g/mol. The molecule has 0 N–H and O–H groups in total. The summed E-state index contributed by atoms with van der Waals surface area (Å²) in [4.78, 5) is 12.3. The summed E-state index contributed by atoms with van der Waals surface area (Å²) in [6, 6.07) is 6.80. The summed E-state index contributed by atoms with van der Waals surface area (Å²) in [6.07, 6.45) is 1.83. The molecule has 0 spiro atoms. The fraction of sp³-hybridized carbons (Fsp3) is 0.588. The number of hydrogen-bond acceptors (Lipinski definition) is 4. The van der Waals surface area contributed by atoms with Crippen molar-refractivity contribution in [3.63, 3.8) is 0 Å². The minimum absolute atomic E-state index is 0.00846. The standard InChI is InChI=1S/C17H24BrNO4S/c1-17(2,3)23-16(20)11-13-7-6-10-19(12-13)24(21,22)15-9-5-4-8-14(15)18/h4-5,8-9,13H,6-7,10-12H2,1-3H3/t13-/m1/s1. The molecule has 1 aliphatic heterocycles. The van der Waals surface area contributed by atoms with E-state index in [0.29, 0.717) is 17.6 Å². The van der Waals surface area contributed by atoms with E-state index in [0.717, 1.165) is 12.8 Å². The molecule has 24 heavy (non-hydrogen) atoms. The van der Waals surface area contributed by atoms with Crippen LogP contribution in [0.25, 0.3) is 0 Å². The molecule has 1 heterocycles. The highest BCUT2D eigenvalue weighted by atomic mass is 79.9. The number of benzene rings is 1. The number of ether oxygens (including phenoxy) is 1. The molecule has 1 aromatic carbocycles. The molecule has 5 nitrogen and oxygen atoms in total. The van der Waals surface area contributed by atoms with Crippen LogP contribution < -0.4 is 0 Å². The van der Waals surface area contributed by atoms with Crippen molar-refractivity contribution < 1.29 is 17.9 Å². The predicted octanol–water partition coefficient (Wildman–Crippen LogP) is 3.58. The van der Waals surface area contributed by atoms with Gasteiger partial charge in [-0.3, -0.25) is 4.79 Å². The second kappa shape index (κ2) is 7.54. The van der Waals surface area contributed by atoms with Gasteiger partial charge in [0.1, 0.15) is 5.60 Å². The Hall–Kier alpha value is -0.920. The van der Waals surface area contributed by atoms with Crippen molar-refractivity contribution in [2.45, 2.75) is 50.5 Å². The van der Waals surface area contributed by atoms with Gasteiger partial charge in [0, 0.05) is 24.0 Å². The Morgan fingerprint density at radius 2 is 2.00 bits per heavy atom. The number of sulfonamides is 1. The average Bonchev–Trinajstić information content (AvgIpc) is 2.45. The molecule has 0 aromatic heterocycles. The number of hydrogen-bond donors (Lipinski definition) is 0. The van der Waals surface area contributed by atoms with Gasteiger partial charge < -0.3 is 4.74 Å². The van der Waals surface area contributed by atoms with Crippen LogP contribution in [-0.4, -0.2) is 37.4 Å². The van der Waals surface area contributed by atoms with Gasteiger partial charge in [-0.25, -0.2) is 8.42 Å². The van der Waals surface area contributed by atoms with Gasteiger partial charge in [-0.1, -0.05) is 12.1 Å². The molecule has 1 saturated heterocycles. The van der Waals surface area contributed by atoms with E-state index in [-0.39, 0.29) is 23.2 Å². The lowest BCUT2D eigenvalue weighted by Gasteiger charge is -2.32. The van der Waals surface area contributed by atoms with Crippen LogP contribution >= 0.6 is 15.9 Å². The van der Waals surface area contributed by atoms with E-state index in [1.807, 2.05) is 20.8 Å². The molecule has 1 fully saturated rings. The molecule has 1 aromatic rings. The third kappa shape index (κ3) is 5.04. The van der Waals surface area contributed by atoms with E-state index in [1.165, 1.54) is 4.31 Å². The topological polar surface area (TPSA) is 63.7 Å². The first-order valence-corrected chi connectivity index (χ1v) is 10.3. The van der Waals surface area contributed by atoms with E-state index in [9.17, 15) is 13.2 Å². The zero-order chi connectivity index (χ0) is 18.0. The Labute approximate surface area is 152 Å². The van der Waals surface area contributed by atoms with Crippen molar-refractivity contribution in [2.24, 2.45) is 5.92 Å². The van der Waals surface area contributed by atoms with Gasteiger partial charge in [-0.2, -0.15) is 4.31 Å². The first-order valence-electron chi connectivity index (χ1n) is 8.06. The zero-order valence-corrected chi connectivity index (χ0v) is 16.7. The molecule has 7 heteroatoms. The Kier molecular flexibility index (Phi) is 6.09. The van der Waals surface area contributed by atoms with Gasteiger partial charge in [0.05, 0.1) is 4.90 Å². The number of nitrogens with zero attached hydrogens (tertiary/aromatic N) is 1. The third-order valence-corrected chi connectivity index (χ3v) is 6.69. The van der Waals surface area contributed by atoms with E-state index in [1.54, 1.807) is 24.3 Å². The summed E-state index contributed by atoms with van der Waals surface area (Å²) in [5.41, 5.74) is -0.521. The lowest BCUT2D eigenvalue weighted by Crippen LogP contribution is -2.41. The summed E-state index contributed by atoms with van der Waals surface area (Å²) in [7, 11) is -3.56. The molecule has 0 unspecified atom stereocenters. The minimum atomic E-state index is -3.56. The summed E-state index contributed by atoms with van der Waals surface area (Å²) in [6.45, 7) is 6.32. The molecule has 1 atom stereocenters. The number of rotatable bonds is 4. The van der Waals surface area contributed by atoms with Crippen molar-refractivity contribution in [3.8, 4) is 0 Å². The van der Waals surface area contributed by atoms with E-state index >= 15 is 0 Å². The maximum Gasteiger partial charge on any atom is 0.306 e. The Morgan fingerprint density at radius 3 is 2.62 bits per heavy atom. The molecule has 0 radical (unpaired) electrons. The molecular formula is C17H24BrNO4S. The second-order valence-electron chi connectivity index (χ2n) is 7.09. The lowest BCUT2D eigenvalue weighted by atomic mass is 9.96. The van der Waals surface area contributed by atoms with Crippen molar-refractivity contribution in [3.05, 3.63) is 28.7 Å². The third-order valence-electron chi connectivity index (χ3n) is 3.81. The fourth-order valence-corrected chi connectivity index (χ4v) is 5.34. The van der Waals surface area contributed by atoms with Crippen molar-refractivity contribution in [1.29, 1.82) is 0 Å². The normalized spacial score (nSPS) is 19.9. The SMILES string of the molecule is CC(C)(C)OC(=O)C[C@H]1CCCN(S(=O)(=O)c2ccccc2Br)C1. The maximum absolute atomic E-state index is 12.8. The van der Waals surface area contributed by atoms with Crippen LogP contribution in [0.2, 0.25) is 0 Å². The number of carbonyl (C=O) groups excluding carboxylic acids is 1. The Morgan fingerprint density at radius 1 is 1.33 bits per heavy atom. The predicted molar refractivity (Wildman–Crippen MR) is 96.1 cm³/mol. The number of carbonyl (C=O) groups is 1. The first-order chi connectivity index (χ1) is 11.1. The first kappa shape index (κ1) is 19.4. The van der Waals surface area contributed by atoms with E-state index in [4.69, 9.17) is 4.74 Å². The molecule has 134 valence electrons. The maximum atomic E-state index is 12.8. The molecule has 0 amide bonds. The van der Waals surface area contributed by atoms with Gasteiger partial charge in [-0.05, 0) is 67.6 Å². The average molecular weight is 418 g/mol. The van der Waals surface area contributed by atoms with Crippen LogP contribution in [0.1, 0.15) is 40.0 Å². The van der Waals surface area contributed by atoms with Crippen molar-refractivity contribution >= 4 is 31.9 Å². The van der Waals surface area contributed by atoms with Gasteiger partial charge >= 0.3 is 5.97 Å². The Bertz CT molecular complexity index is 697. The number of halogens is 1. The zero-order valence-electron chi connectivity index (χ0n) is 14.3. The lowest BCUT2D eigenvalue weighted by molar-refractivity contribution is -0.156. The van der Waals surface area contributed by atoms with Gasteiger partial charge in [0.15, 0.2) is 0 Å². The van der Waals surface area contributed by atoms with Crippen LogP contribution in [-0.2, 0) is 19.6 Å². The van der Waals surface area contributed by atoms with Gasteiger partial charge in [0.25, 0.3) is 0 Å².